The first-order chi connectivity index (χ1) is 16.1. The highest BCUT2D eigenvalue weighted by Gasteiger charge is 2.46. The molecule has 0 spiro atoms. The quantitative estimate of drug-likeness (QED) is 0.352. The Bertz CT molecular complexity index is 832. The van der Waals surface area contributed by atoms with Gasteiger partial charge in [0.25, 0.3) is 0 Å². The van der Waals surface area contributed by atoms with Crippen LogP contribution in [0.15, 0.2) is 30.3 Å². The number of ether oxygens (including phenoxy) is 2. The maximum absolute atomic E-state index is 13.3. The van der Waals surface area contributed by atoms with E-state index < -0.39 is 13.9 Å². The van der Waals surface area contributed by atoms with Gasteiger partial charge in [0.2, 0.25) is 0 Å². The highest BCUT2D eigenvalue weighted by atomic mass is 28.4. The lowest BCUT2D eigenvalue weighted by molar-refractivity contribution is -0.144. The summed E-state index contributed by atoms with van der Waals surface area (Å²) < 4.78 is 17.8. The lowest BCUT2D eigenvalue weighted by Crippen LogP contribution is -2.51. The zero-order chi connectivity index (χ0) is 26.4. The van der Waals surface area contributed by atoms with Crippen molar-refractivity contribution >= 4 is 20.4 Å². The fourth-order valence-electron chi connectivity index (χ4n) is 4.01. The van der Waals surface area contributed by atoms with Crippen LogP contribution in [0.2, 0.25) is 18.1 Å². The molecule has 1 aromatic rings. The standard InChI is InChI=1S/C27H46N2O5Si/c1-10-32-24(30)17-22(28-18-20-14-12-11-13-15-20)23-16-21(34-35(8,9)27(5,6)7)19-29(23)25(31)33-26(2,3)4/h11-15,21-23,28H,10,16-19H2,1-9H3. The van der Waals surface area contributed by atoms with E-state index in [4.69, 9.17) is 13.9 Å². The van der Waals surface area contributed by atoms with Crippen molar-refractivity contribution in [2.75, 3.05) is 13.2 Å². The Balaban J connectivity index is 2.31. The Morgan fingerprint density at radius 1 is 1.11 bits per heavy atom. The first kappa shape index (κ1) is 29.3. The summed E-state index contributed by atoms with van der Waals surface area (Å²) in [6.07, 6.45) is 0.311. The van der Waals surface area contributed by atoms with Crippen LogP contribution >= 0.6 is 0 Å². The maximum Gasteiger partial charge on any atom is 0.410 e. The van der Waals surface area contributed by atoms with E-state index in [-0.39, 0.29) is 41.7 Å². The van der Waals surface area contributed by atoms with Crippen LogP contribution in [0.5, 0.6) is 0 Å². The number of nitrogens with zero attached hydrogens (tertiary/aromatic N) is 1. The molecule has 8 heteroatoms. The summed E-state index contributed by atoms with van der Waals surface area (Å²) in [6, 6.07) is 9.48. The van der Waals surface area contributed by atoms with Crippen molar-refractivity contribution < 1.29 is 23.5 Å². The SMILES string of the molecule is CCOC(=O)CC(NCc1ccccc1)C1CC(O[Si](C)(C)C(C)(C)C)CN1C(=O)OC(C)(C)C. The molecule has 1 amide bonds. The predicted octanol–water partition coefficient (Wildman–Crippen LogP) is 5.50. The topological polar surface area (TPSA) is 77.1 Å². The van der Waals surface area contributed by atoms with Crippen molar-refractivity contribution in [2.24, 2.45) is 0 Å². The third-order valence-electron chi connectivity index (χ3n) is 6.77. The van der Waals surface area contributed by atoms with Crippen molar-refractivity contribution in [2.45, 2.75) is 110 Å². The zero-order valence-electron chi connectivity index (χ0n) is 23.1. The Morgan fingerprint density at radius 3 is 2.29 bits per heavy atom. The molecule has 0 aliphatic carbocycles. The molecule has 3 atom stereocenters. The number of carbonyl (C=O) groups excluding carboxylic acids is 2. The van der Waals surface area contributed by atoms with Gasteiger partial charge in [-0.05, 0) is 57.8 Å². The molecular weight excluding hydrogens is 460 g/mol. The fraction of sp³-hybridized carbons (Fsp3) is 0.704. The molecule has 0 bridgehead atoms. The molecule has 3 unspecified atom stereocenters. The second-order valence-electron chi connectivity index (χ2n) is 11.9. The Kier molecular flexibility index (Phi) is 9.96. The Morgan fingerprint density at radius 2 is 1.74 bits per heavy atom. The minimum Gasteiger partial charge on any atom is -0.466 e. The van der Waals surface area contributed by atoms with Crippen molar-refractivity contribution in [3.8, 4) is 0 Å². The fourth-order valence-corrected chi connectivity index (χ4v) is 5.36. The summed E-state index contributed by atoms with van der Waals surface area (Å²) >= 11 is 0. The van der Waals surface area contributed by atoms with Crippen LogP contribution in [0.1, 0.15) is 66.9 Å². The molecular formula is C27H46N2O5Si. The normalized spacial score (nSPS) is 20.0. The van der Waals surface area contributed by atoms with Crippen molar-refractivity contribution in [3.05, 3.63) is 35.9 Å². The van der Waals surface area contributed by atoms with E-state index in [1.165, 1.54) is 0 Å². The van der Waals surface area contributed by atoms with Crippen LogP contribution in [0, 0.1) is 0 Å². The largest absolute Gasteiger partial charge is 0.466 e. The molecule has 1 aromatic carbocycles. The van der Waals surface area contributed by atoms with Crippen LogP contribution in [0.25, 0.3) is 0 Å². The summed E-state index contributed by atoms with van der Waals surface area (Å²) in [6.45, 7) is 19.8. The number of carbonyl (C=O) groups is 2. The smallest absolute Gasteiger partial charge is 0.410 e. The Labute approximate surface area is 213 Å². The molecule has 0 saturated carbocycles. The molecule has 1 aliphatic heterocycles. The summed E-state index contributed by atoms with van der Waals surface area (Å²) in [7, 11) is -2.05. The van der Waals surface area contributed by atoms with Gasteiger partial charge in [0.15, 0.2) is 8.32 Å². The number of nitrogens with one attached hydrogen (secondary N) is 1. The molecule has 0 aromatic heterocycles. The first-order valence-corrected chi connectivity index (χ1v) is 15.6. The molecule has 1 N–H and O–H groups in total. The maximum atomic E-state index is 13.3. The third kappa shape index (κ3) is 8.92. The van der Waals surface area contributed by atoms with E-state index >= 15 is 0 Å². The van der Waals surface area contributed by atoms with Gasteiger partial charge in [0.05, 0.1) is 25.2 Å². The van der Waals surface area contributed by atoms with E-state index in [9.17, 15) is 9.59 Å². The molecule has 1 fully saturated rings. The van der Waals surface area contributed by atoms with Crippen LogP contribution in [-0.2, 0) is 25.2 Å². The molecule has 7 nitrogen and oxygen atoms in total. The first-order valence-electron chi connectivity index (χ1n) is 12.7. The highest BCUT2D eigenvalue weighted by Crippen LogP contribution is 2.39. The molecule has 1 aliphatic rings. The minimum absolute atomic E-state index is 0.0533. The Hall–Kier alpha value is -1.90. The molecule has 1 heterocycles. The number of hydrogen-bond acceptors (Lipinski definition) is 6. The summed E-state index contributed by atoms with van der Waals surface area (Å²) in [5.74, 6) is -0.282. The average Bonchev–Trinajstić information content (AvgIpc) is 3.13. The molecule has 1 saturated heterocycles. The summed E-state index contributed by atoms with van der Waals surface area (Å²) in [5, 5.41) is 3.59. The predicted molar refractivity (Wildman–Crippen MR) is 142 cm³/mol. The van der Waals surface area contributed by atoms with E-state index in [1.54, 1.807) is 11.8 Å². The second kappa shape index (κ2) is 11.9. The van der Waals surface area contributed by atoms with E-state index in [0.717, 1.165) is 5.56 Å². The van der Waals surface area contributed by atoms with Crippen LogP contribution < -0.4 is 5.32 Å². The van der Waals surface area contributed by atoms with Gasteiger partial charge < -0.3 is 24.1 Å². The minimum atomic E-state index is -2.05. The van der Waals surface area contributed by atoms with Gasteiger partial charge in [-0.2, -0.15) is 0 Å². The van der Waals surface area contributed by atoms with Crippen LogP contribution in [-0.4, -0.2) is 62.2 Å². The average molecular weight is 507 g/mol. The van der Waals surface area contributed by atoms with Gasteiger partial charge in [-0.15, -0.1) is 0 Å². The second-order valence-corrected chi connectivity index (χ2v) is 16.7. The van der Waals surface area contributed by atoms with Gasteiger partial charge in [0, 0.05) is 19.1 Å². The monoisotopic (exact) mass is 506 g/mol. The number of amides is 1. The number of likely N-dealkylation sites (tertiary alicyclic amines) is 1. The van der Waals surface area contributed by atoms with E-state index in [0.29, 0.717) is 26.1 Å². The lowest BCUT2D eigenvalue weighted by Gasteiger charge is -2.38. The molecule has 2 rings (SSSR count). The van der Waals surface area contributed by atoms with Gasteiger partial charge >= 0.3 is 12.1 Å². The summed E-state index contributed by atoms with van der Waals surface area (Å²) in [4.78, 5) is 27.6. The summed E-state index contributed by atoms with van der Waals surface area (Å²) in [5.41, 5.74) is 0.492. The number of esters is 1. The number of hydrogen-bond donors (Lipinski definition) is 1. The van der Waals surface area contributed by atoms with Gasteiger partial charge in [0.1, 0.15) is 5.60 Å². The van der Waals surface area contributed by atoms with Gasteiger partial charge in [-0.3, -0.25) is 4.79 Å². The van der Waals surface area contributed by atoms with Gasteiger partial charge in [-0.1, -0.05) is 51.1 Å². The molecule has 198 valence electrons. The highest BCUT2D eigenvalue weighted by molar-refractivity contribution is 6.74. The van der Waals surface area contributed by atoms with E-state index in [2.05, 4.69) is 39.2 Å². The molecule has 0 radical (unpaired) electrons. The number of benzene rings is 1. The van der Waals surface area contributed by atoms with Crippen LogP contribution in [0.4, 0.5) is 4.79 Å². The van der Waals surface area contributed by atoms with Gasteiger partial charge in [-0.25, -0.2) is 4.79 Å². The zero-order valence-corrected chi connectivity index (χ0v) is 24.1. The van der Waals surface area contributed by atoms with E-state index in [1.807, 2.05) is 51.1 Å². The third-order valence-corrected chi connectivity index (χ3v) is 11.3. The van der Waals surface area contributed by atoms with Crippen LogP contribution in [0.3, 0.4) is 0 Å². The van der Waals surface area contributed by atoms with Crippen molar-refractivity contribution in [3.63, 3.8) is 0 Å². The lowest BCUT2D eigenvalue weighted by atomic mass is 10.0. The van der Waals surface area contributed by atoms with Crippen molar-refractivity contribution in [1.82, 2.24) is 10.2 Å². The molecule has 35 heavy (non-hydrogen) atoms. The van der Waals surface area contributed by atoms with Crippen molar-refractivity contribution in [1.29, 1.82) is 0 Å². The number of rotatable bonds is 9.